The molecule has 0 fully saturated rings. The van der Waals surface area contributed by atoms with Gasteiger partial charge in [0.1, 0.15) is 6.54 Å². The Labute approximate surface area is 249 Å². The fourth-order valence-electron chi connectivity index (χ4n) is 4.90. The Morgan fingerprint density at radius 3 is 1.90 bits per heavy atom. The summed E-state index contributed by atoms with van der Waals surface area (Å²) in [6.07, 6.45) is 16.1. The van der Waals surface area contributed by atoms with E-state index in [1.807, 2.05) is 25.1 Å². The van der Waals surface area contributed by atoms with Gasteiger partial charge in [0.05, 0.1) is 12.3 Å². The number of pyridine rings is 1. The highest BCUT2D eigenvalue weighted by Gasteiger charge is 2.16. The number of nitrogens with zero attached hydrogens (tertiary/aromatic N) is 3. The van der Waals surface area contributed by atoms with E-state index < -0.39 is 5.97 Å². The molecule has 0 atom stereocenters. The molecule has 0 saturated heterocycles. The average Bonchev–Trinajstić information content (AvgIpc) is 2.98. The normalized spacial score (nSPS) is 10.7. The monoisotopic (exact) mass is 581 g/mol. The van der Waals surface area contributed by atoms with Crippen LogP contribution in [-0.2, 0) is 25.7 Å². The second-order valence-electron chi connectivity index (χ2n) is 10.6. The lowest BCUT2D eigenvalue weighted by Gasteiger charge is -2.18. The molecular weight excluding hydrogens is 534 g/mol. The van der Waals surface area contributed by atoms with Crippen molar-refractivity contribution < 1.29 is 23.9 Å². The van der Waals surface area contributed by atoms with Crippen LogP contribution in [0.1, 0.15) is 99.9 Å². The zero-order chi connectivity index (χ0) is 30.6. The number of rotatable bonds is 22. The summed E-state index contributed by atoms with van der Waals surface area (Å²) in [6, 6.07) is 10.3. The quantitative estimate of drug-likeness (QED) is 0.101. The molecule has 2 aromatic rings. The van der Waals surface area contributed by atoms with Crippen LogP contribution in [0.5, 0.6) is 0 Å². The molecule has 9 nitrogen and oxygen atoms in total. The largest absolute Gasteiger partial charge is 0.465 e. The van der Waals surface area contributed by atoms with Crippen LogP contribution in [0.4, 0.5) is 5.69 Å². The number of esters is 1. The van der Waals surface area contributed by atoms with Crippen molar-refractivity contribution in [1.82, 2.24) is 9.47 Å². The molecule has 0 spiro atoms. The van der Waals surface area contributed by atoms with Gasteiger partial charge in [-0.1, -0.05) is 82.4 Å². The molecule has 0 bridgehead atoms. The lowest BCUT2D eigenvalue weighted by Crippen LogP contribution is -2.31. The summed E-state index contributed by atoms with van der Waals surface area (Å²) >= 11 is 0. The van der Waals surface area contributed by atoms with Crippen LogP contribution in [0.15, 0.2) is 47.4 Å². The molecule has 42 heavy (non-hydrogen) atoms. The summed E-state index contributed by atoms with van der Waals surface area (Å²) in [6.45, 7) is 4.68. The van der Waals surface area contributed by atoms with Gasteiger partial charge in [-0.25, -0.2) is 0 Å². The Bertz CT molecular complexity index is 1180. The molecule has 2 rings (SSSR count). The first-order valence-electron chi connectivity index (χ1n) is 15.3. The van der Waals surface area contributed by atoms with Gasteiger partial charge in [-0.05, 0) is 44.4 Å². The lowest BCUT2D eigenvalue weighted by atomic mass is 10.0. The third-order valence-corrected chi connectivity index (χ3v) is 7.34. The molecule has 3 amide bonds. The molecule has 230 valence electrons. The number of anilines is 1. The number of carbonyl (C=O) groups excluding carboxylic acids is 4. The summed E-state index contributed by atoms with van der Waals surface area (Å²) < 4.78 is 6.17. The maximum Gasteiger partial charge on any atom is 0.326 e. The van der Waals surface area contributed by atoms with Gasteiger partial charge in [0.15, 0.2) is 0 Å². The smallest absolute Gasteiger partial charge is 0.326 e. The van der Waals surface area contributed by atoms with Crippen molar-refractivity contribution >= 4 is 30.4 Å². The molecule has 0 N–H and O–H groups in total. The number of imide groups is 1. The fourth-order valence-corrected chi connectivity index (χ4v) is 4.90. The van der Waals surface area contributed by atoms with Crippen LogP contribution < -0.4 is 10.5 Å². The average molecular weight is 582 g/mol. The van der Waals surface area contributed by atoms with E-state index in [1.54, 1.807) is 24.0 Å². The number of benzene rings is 1. The van der Waals surface area contributed by atoms with Crippen molar-refractivity contribution in [3.63, 3.8) is 0 Å². The minimum atomic E-state index is -0.486. The van der Waals surface area contributed by atoms with Crippen molar-refractivity contribution in [1.29, 1.82) is 0 Å². The van der Waals surface area contributed by atoms with Crippen molar-refractivity contribution in [3.8, 4) is 0 Å². The Balaban J connectivity index is 1.50. The molecule has 9 heteroatoms. The van der Waals surface area contributed by atoms with Gasteiger partial charge in [0, 0.05) is 30.9 Å². The SMILES string of the molecule is CCOC(=O)Cn1cc(N(C=O)CCCCCCCCCCCCCCN(C=O)C(=O)c2ccccc2C)ccc1=O. The van der Waals surface area contributed by atoms with Crippen LogP contribution >= 0.6 is 0 Å². The number of hydrogen-bond donors (Lipinski definition) is 0. The van der Waals surface area contributed by atoms with Gasteiger partial charge < -0.3 is 14.2 Å². The topological polar surface area (TPSA) is 106 Å². The lowest BCUT2D eigenvalue weighted by molar-refractivity contribution is -0.143. The summed E-state index contributed by atoms with van der Waals surface area (Å²) in [4.78, 5) is 62.2. The molecular formula is C33H47N3O6. The Hall–Kier alpha value is -3.75. The van der Waals surface area contributed by atoms with E-state index in [0.29, 0.717) is 30.8 Å². The number of ether oxygens (including phenoxy) is 1. The molecule has 0 unspecified atom stereocenters. The van der Waals surface area contributed by atoms with E-state index in [1.165, 1.54) is 60.3 Å². The van der Waals surface area contributed by atoms with E-state index in [-0.39, 0.29) is 24.6 Å². The molecule has 1 aromatic carbocycles. The maximum atomic E-state index is 12.6. The summed E-state index contributed by atoms with van der Waals surface area (Å²) in [5.74, 6) is -0.708. The molecule has 0 saturated carbocycles. The fraction of sp³-hybridized carbons (Fsp3) is 0.545. The van der Waals surface area contributed by atoms with E-state index >= 15 is 0 Å². The van der Waals surface area contributed by atoms with Crippen LogP contribution in [0.3, 0.4) is 0 Å². The Morgan fingerprint density at radius 2 is 1.36 bits per heavy atom. The standard InChI is InChI=1S/C33H47N3O6/c1-3-42-32(40)25-36-24-29(20-21-31(36)39)34(26-37)22-16-12-10-8-6-4-5-7-9-11-13-17-23-35(27-38)33(41)30-19-15-14-18-28(30)2/h14-15,18-21,24,26-27H,3-13,16-17,22-23,25H2,1-2H3. The van der Waals surface area contributed by atoms with Gasteiger partial charge >= 0.3 is 5.97 Å². The molecule has 0 aliphatic carbocycles. The number of unbranched alkanes of at least 4 members (excludes halogenated alkanes) is 11. The number of hydrogen-bond acceptors (Lipinski definition) is 6. The van der Waals surface area contributed by atoms with Gasteiger partial charge in [0.2, 0.25) is 12.8 Å². The third-order valence-electron chi connectivity index (χ3n) is 7.34. The van der Waals surface area contributed by atoms with Crippen LogP contribution in [0.2, 0.25) is 0 Å². The van der Waals surface area contributed by atoms with Crippen molar-refractivity contribution in [3.05, 3.63) is 64.1 Å². The Kier molecular flexibility index (Phi) is 16.6. The van der Waals surface area contributed by atoms with Gasteiger partial charge in [-0.2, -0.15) is 0 Å². The van der Waals surface area contributed by atoms with Crippen LogP contribution in [0.25, 0.3) is 0 Å². The number of carbonyl (C=O) groups is 4. The van der Waals surface area contributed by atoms with Crippen LogP contribution in [-0.4, -0.2) is 53.9 Å². The highest BCUT2D eigenvalue weighted by atomic mass is 16.5. The summed E-state index contributed by atoms with van der Waals surface area (Å²) in [5.41, 5.74) is 1.74. The first-order valence-corrected chi connectivity index (χ1v) is 15.3. The molecule has 1 heterocycles. The van der Waals surface area contributed by atoms with Crippen molar-refractivity contribution in [2.45, 2.75) is 97.4 Å². The molecule has 0 aliphatic heterocycles. The van der Waals surface area contributed by atoms with Crippen molar-refractivity contribution in [2.75, 3.05) is 24.6 Å². The van der Waals surface area contributed by atoms with Crippen molar-refractivity contribution in [2.24, 2.45) is 0 Å². The number of aryl methyl sites for hydroxylation is 1. The van der Waals surface area contributed by atoms with Gasteiger partial charge in [-0.3, -0.25) is 28.9 Å². The molecule has 0 radical (unpaired) electrons. The summed E-state index contributed by atoms with van der Waals surface area (Å²) in [7, 11) is 0. The maximum absolute atomic E-state index is 12.6. The van der Waals surface area contributed by atoms with E-state index in [0.717, 1.165) is 50.5 Å². The molecule has 0 aliphatic rings. The first-order chi connectivity index (χ1) is 20.4. The second kappa shape index (κ2) is 20.2. The van der Waals surface area contributed by atoms with Crippen LogP contribution in [0, 0.1) is 6.92 Å². The Morgan fingerprint density at radius 1 is 0.786 bits per heavy atom. The predicted molar refractivity (Wildman–Crippen MR) is 164 cm³/mol. The minimum absolute atomic E-state index is 0.176. The van der Waals surface area contributed by atoms with E-state index in [2.05, 4.69) is 0 Å². The van der Waals surface area contributed by atoms with Gasteiger partial charge in [0.25, 0.3) is 11.5 Å². The van der Waals surface area contributed by atoms with E-state index in [4.69, 9.17) is 4.74 Å². The number of aromatic nitrogens is 1. The third kappa shape index (κ3) is 12.4. The zero-order valence-corrected chi connectivity index (χ0v) is 25.3. The van der Waals surface area contributed by atoms with Gasteiger partial charge in [-0.15, -0.1) is 0 Å². The highest BCUT2D eigenvalue weighted by molar-refractivity contribution is 6.00. The highest BCUT2D eigenvalue weighted by Crippen LogP contribution is 2.15. The first kappa shape index (κ1) is 34.5. The number of amides is 3. The zero-order valence-electron chi connectivity index (χ0n) is 25.3. The predicted octanol–water partition coefficient (Wildman–Crippen LogP) is 5.66. The second-order valence-corrected chi connectivity index (χ2v) is 10.6. The minimum Gasteiger partial charge on any atom is -0.465 e. The molecule has 1 aromatic heterocycles. The summed E-state index contributed by atoms with van der Waals surface area (Å²) in [5, 5.41) is 0. The van der Waals surface area contributed by atoms with E-state index in [9.17, 15) is 24.0 Å².